The number of aliphatic hydroxyl groups is 1. The van der Waals surface area contributed by atoms with Gasteiger partial charge in [0.25, 0.3) is 11.7 Å². The number of nitrogens with zero attached hydrogens (tertiary/aromatic N) is 1. The van der Waals surface area contributed by atoms with Crippen LogP contribution in [0.5, 0.6) is 5.75 Å². The molecule has 1 fully saturated rings. The molecule has 29 heavy (non-hydrogen) atoms. The van der Waals surface area contributed by atoms with E-state index >= 15 is 0 Å². The Kier molecular flexibility index (Phi) is 6.85. The molecule has 1 saturated heterocycles. The Labute approximate surface area is 182 Å². The molecular weight excluding hydrogens is 437 g/mol. The molecule has 6 nitrogen and oxygen atoms in total. The van der Waals surface area contributed by atoms with E-state index in [0.717, 1.165) is 4.88 Å². The Hall–Kier alpha value is -2.06. The van der Waals surface area contributed by atoms with Gasteiger partial charge < -0.3 is 19.5 Å². The molecule has 0 aliphatic carbocycles. The van der Waals surface area contributed by atoms with Crippen LogP contribution in [0.2, 0.25) is 10.0 Å². The van der Waals surface area contributed by atoms with Gasteiger partial charge in [-0.25, -0.2) is 0 Å². The number of rotatable bonds is 7. The third-order valence-corrected chi connectivity index (χ3v) is 5.99. The molecule has 1 N–H and O–H groups in total. The highest BCUT2D eigenvalue weighted by atomic mass is 35.5. The monoisotopic (exact) mass is 455 g/mol. The summed E-state index contributed by atoms with van der Waals surface area (Å²) in [7, 11) is 2.96. The van der Waals surface area contributed by atoms with Crippen molar-refractivity contribution in [2.75, 3.05) is 27.4 Å². The molecule has 0 spiro atoms. The minimum absolute atomic E-state index is 0.0218. The second-order valence-electron chi connectivity index (χ2n) is 6.32. The number of likely N-dealkylation sites (tertiary alicyclic amines) is 1. The number of benzene rings is 1. The molecule has 0 saturated carbocycles. The van der Waals surface area contributed by atoms with Crippen LogP contribution in [-0.4, -0.2) is 49.1 Å². The second kappa shape index (κ2) is 9.17. The molecule has 2 heterocycles. The number of hydrogen-bond acceptors (Lipinski definition) is 6. The average molecular weight is 456 g/mol. The maximum Gasteiger partial charge on any atom is 0.295 e. The molecule has 1 aliphatic rings. The van der Waals surface area contributed by atoms with E-state index in [1.54, 1.807) is 7.11 Å². The standard InChI is InChI=1S/C20H19Cl2NO5S/c1-27-7-4-6-23-16(14-5-3-8-29-14)15(18(25)20(23)26)17(24)12-9-11(21)10-13(22)19(12)28-2/h3,5,8-10,16,24H,4,6-7H2,1-2H3/b17-15-. The molecule has 1 aliphatic heterocycles. The molecular formula is C20H19Cl2NO5S. The highest BCUT2D eigenvalue weighted by molar-refractivity contribution is 7.10. The summed E-state index contributed by atoms with van der Waals surface area (Å²) >= 11 is 13.7. The fourth-order valence-corrected chi connectivity index (χ4v) is 4.74. The van der Waals surface area contributed by atoms with Crippen molar-refractivity contribution in [1.29, 1.82) is 0 Å². The zero-order chi connectivity index (χ0) is 21.1. The maximum absolute atomic E-state index is 12.9. The minimum atomic E-state index is -0.767. The van der Waals surface area contributed by atoms with Crippen LogP contribution < -0.4 is 4.74 Å². The lowest BCUT2D eigenvalue weighted by molar-refractivity contribution is -0.140. The fourth-order valence-electron chi connectivity index (χ4n) is 3.32. The smallest absolute Gasteiger partial charge is 0.295 e. The number of thiophene rings is 1. The lowest BCUT2D eigenvalue weighted by Gasteiger charge is -2.24. The minimum Gasteiger partial charge on any atom is -0.507 e. The van der Waals surface area contributed by atoms with Crippen molar-refractivity contribution < 1.29 is 24.2 Å². The van der Waals surface area contributed by atoms with Crippen LogP contribution in [-0.2, 0) is 14.3 Å². The topological polar surface area (TPSA) is 76.1 Å². The molecule has 2 aromatic rings. The molecule has 0 bridgehead atoms. The Morgan fingerprint density at radius 1 is 1.28 bits per heavy atom. The lowest BCUT2D eigenvalue weighted by Crippen LogP contribution is -2.31. The van der Waals surface area contributed by atoms with Crippen LogP contribution in [0.15, 0.2) is 35.2 Å². The first-order valence-corrected chi connectivity index (χ1v) is 10.4. The Morgan fingerprint density at radius 3 is 2.66 bits per heavy atom. The van der Waals surface area contributed by atoms with E-state index in [0.29, 0.717) is 19.6 Å². The summed E-state index contributed by atoms with van der Waals surface area (Å²) in [4.78, 5) is 27.9. The number of carbonyl (C=O) groups excluding carboxylic acids is 2. The summed E-state index contributed by atoms with van der Waals surface area (Å²) in [6, 6.07) is 5.85. The van der Waals surface area contributed by atoms with Crippen molar-refractivity contribution in [3.05, 3.63) is 55.7 Å². The van der Waals surface area contributed by atoms with E-state index in [1.165, 1.54) is 35.5 Å². The number of ketones is 1. The van der Waals surface area contributed by atoms with Crippen molar-refractivity contribution in [1.82, 2.24) is 4.90 Å². The van der Waals surface area contributed by atoms with Gasteiger partial charge in [-0.3, -0.25) is 9.59 Å². The predicted molar refractivity (Wildman–Crippen MR) is 113 cm³/mol. The summed E-state index contributed by atoms with van der Waals surface area (Å²) in [6.45, 7) is 0.753. The van der Waals surface area contributed by atoms with E-state index < -0.39 is 17.7 Å². The van der Waals surface area contributed by atoms with Gasteiger partial charge in [-0.15, -0.1) is 11.3 Å². The number of carbonyl (C=O) groups is 2. The van der Waals surface area contributed by atoms with Crippen LogP contribution >= 0.6 is 34.5 Å². The molecule has 1 atom stereocenters. The van der Waals surface area contributed by atoms with Crippen molar-refractivity contribution in [2.45, 2.75) is 12.5 Å². The van der Waals surface area contributed by atoms with Gasteiger partial charge in [0.2, 0.25) is 0 Å². The van der Waals surface area contributed by atoms with E-state index in [4.69, 9.17) is 32.7 Å². The molecule has 0 radical (unpaired) electrons. The molecule has 154 valence electrons. The maximum atomic E-state index is 12.9. The van der Waals surface area contributed by atoms with E-state index in [1.807, 2.05) is 17.5 Å². The Balaban J connectivity index is 2.17. The van der Waals surface area contributed by atoms with Gasteiger partial charge in [-0.1, -0.05) is 29.3 Å². The summed E-state index contributed by atoms with van der Waals surface area (Å²) in [5.74, 6) is -1.65. The third-order valence-electron chi connectivity index (χ3n) is 4.57. The first-order chi connectivity index (χ1) is 13.9. The van der Waals surface area contributed by atoms with Crippen molar-refractivity contribution >= 4 is 52.0 Å². The van der Waals surface area contributed by atoms with E-state index in [9.17, 15) is 14.7 Å². The van der Waals surface area contributed by atoms with Crippen molar-refractivity contribution in [2.24, 2.45) is 0 Å². The molecule has 1 unspecified atom stereocenters. The number of halogens is 2. The van der Waals surface area contributed by atoms with E-state index in [-0.39, 0.29) is 32.7 Å². The average Bonchev–Trinajstić information content (AvgIpc) is 3.29. The van der Waals surface area contributed by atoms with Gasteiger partial charge in [0.1, 0.15) is 11.5 Å². The fraction of sp³-hybridized carbons (Fsp3) is 0.300. The number of amides is 1. The lowest BCUT2D eigenvalue weighted by atomic mass is 9.99. The number of ether oxygens (including phenoxy) is 2. The van der Waals surface area contributed by atoms with Gasteiger partial charge in [-0.05, 0) is 30.0 Å². The van der Waals surface area contributed by atoms with E-state index in [2.05, 4.69) is 0 Å². The van der Waals surface area contributed by atoms with Crippen molar-refractivity contribution in [3.8, 4) is 5.75 Å². The van der Waals surface area contributed by atoms with Gasteiger partial charge in [0, 0.05) is 30.2 Å². The molecule has 1 amide bonds. The van der Waals surface area contributed by atoms with Gasteiger partial charge >= 0.3 is 0 Å². The number of aliphatic hydroxyl groups excluding tert-OH is 1. The third kappa shape index (κ3) is 4.14. The zero-order valence-electron chi connectivity index (χ0n) is 15.8. The summed E-state index contributed by atoms with van der Waals surface area (Å²) in [5, 5.41) is 13.4. The Morgan fingerprint density at radius 2 is 2.03 bits per heavy atom. The van der Waals surface area contributed by atoms with Gasteiger partial charge in [0.05, 0.1) is 29.3 Å². The normalized spacial score (nSPS) is 18.5. The first-order valence-electron chi connectivity index (χ1n) is 8.74. The van der Waals surface area contributed by atoms with Crippen LogP contribution in [0.4, 0.5) is 0 Å². The summed E-state index contributed by atoms with van der Waals surface area (Å²) < 4.78 is 10.4. The molecule has 3 rings (SSSR count). The van der Waals surface area contributed by atoms with Crippen LogP contribution in [0.3, 0.4) is 0 Å². The number of methoxy groups -OCH3 is 2. The summed E-state index contributed by atoms with van der Waals surface area (Å²) in [6.07, 6.45) is 0.553. The van der Waals surface area contributed by atoms with Gasteiger partial charge in [-0.2, -0.15) is 0 Å². The Bertz CT molecular complexity index is 958. The van der Waals surface area contributed by atoms with Gasteiger partial charge in [0.15, 0.2) is 0 Å². The largest absolute Gasteiger partial charge is 0.507 e. The highest BCUT2D eigenvalue weighted by Crippen LogP contribution is 2.44. The zero-order valence-corrected chi connectivity index (χ0v) is 18.1. The SMILES string of the molecule is COCCCN1C(=O)C(=O)/C(=C(\O)c2cc(Cl)cc(Cl)c2OC)C1c1cccs1. The quantitative estimate of drug-likeness (QED) is 0.287. The predicted octanol–water partition coefficient (Wildman–Crippen LogP) is 4.52. The number of Topliss-reactive ketones (excluding diaryl/α,β-unsaturated/α-hetero) is 1. The van der Waals surface area contributed by atoms with Crippen LogP contribution in [0.25, 0.3) is 5.76 Å². The summed E-state index contributed by atoms with van der Waals surface area (Å²) in [5.41, 5.74) is 0.132. The first kappa shape index (κ1) is 21.6. The molecule has 9 heteroatoms. The van der Waals surface area contributed by atoms with Crippen LogP contribution in [0.1, 0.15) is 22.9 Å². The van der Waals surface area contributed by atoms with Crippen LogP contribution in [0, 0.1) is 0 Å². The molecule has 1 aromatic heterocycles. The highest BCUT2D eigenvalue weighted by Gasteiger charge is 2.46. The number of hydrogen-bond donors (Lipinski definition) is 1. The molecule has 1 aromatic carbocycles. The van der Waals surface area contributed by atoms with Crippen molar-refractivity contribution in [3.63, 3.8) is 0 Å². The second-order valence-corrected chi connectivity index (χ2v) is 8.15.